The lowest BCUT2D eigenvalue weighted by molar-refractivity contribution is 1.34. The topological polar surface area (TPSA) is 50.7 Å². The molecule has 1 aliphatic heterocycles. The molecule has 0 saturated carbocycles. The monoisotopic (exact) mass is 161 g/mol. The number of nitrogens with zero attached hydrogens (tertiary/aromatic N) is 2. The maximum Gasteiger partial charge on any atom is 0.104 e. The summed E-state index contributed by atoms with van der Waals surface area (Å²) in [7, 11) is 0. The molecule has 3 heteroatoms. The van der Waals surface area contributed by atoms with E-state index in [0.717, 1.165) is 11.3 Å². The highest BCUT2D eigenvalue weighted by Gasteiger charge is 2.09. The predicted molar refractivity (Wildman–Crippen MR) is 52.2 cm³/mol. The largest absolute Gasteiger partial charge is 0.403 e. The van der Waals surface area contributed by atoms with Gasteiger partial charge >= 0.3 is 0 Å². The van der Waals surface area contributed by atoms with Crippen LogP contribution in [0, 0.1) is 0 Å². The van der Waals surface area contributed by atoms with Crippen LogP contribution in [-0.4, -0.2) is 11.9 Å². The van der Waals surface area contributed by atoms with Gasteiger partial charge in [0.15, 0.2) is 0 Å². The lowest BCUT2D eigenvalue weighted by Crippen LogP contribution is -2.08. The Morgan fingerprint density at radius 3 is 3.00 bits per heavy atom. The highest BCUT2D eigenvalue weighted by atomic mass is 14.8. The zero-order valence-corrected chi connectivity index (χ0v) is 6.99. The number of aliphatic imine (C=N–C) groups is 2. The Bertz CT molecular complexity index is 306. The number of dihydropyridines is 1. The molecule has 0 aliphatic carbocycles. The molecule has 1 aliphatic rings. The van der Waals surface area contributed by atoms with Crippen molar-refractivity contribution in [3.8, 4) is 0 Å². The average Bonchev–Trinajstić information content (AvgIpc) is 2.09. The van der Waals surface area contributed by atoms with Crippen molar-refractivity contribution in [2.75, 3.05) is 0 Å². The van der Waals surface area contributed by atoms with Gasteiger partial charge in [-0.3, -0.25) is 9.98 Å². The van der Waals surface area contributed by atoms with E-state index in [1.165, 1.54) is 12.4 Å². The number of hydrogen-bond acceptors (Lipinski definition) is 3. The summed E-state index contributed by atoms with van der Waals surface area (Å²) in [6.07, 6.45) is 6.51. The van der Waals surface area contributed by atoms with E-state index in [9.17, 15) is 0 Å². The maximum absolute atomic E-state index is 5.37. The van der Waals surface area contributed by atoms with E-state index >= 15 is 0 Å². The molecule has 0 aromatic heterocycles. The first kappa shape index (κ1) is 8.46. The van der Waals surface area contributed by atoms with Crippen LogP contribution in [0.1, 0.15) is 6.92 Å². The van der Waals surface area contributed by atoms with Crippen LogP contribution in [0.25, 0.3) is 0 Å². The van der Waals surface area contributed by atoms with E-state index < -0.39 is 0 Å². The van der Waals surface area contributed by atoms with E-state index in [1.807, 2.05) is 13.0 Å². The molecule has 0 aromatic carbocycles. The van der Waals surface area contributed by atoms with Crippen LogP contribution in [-0.2, 0) is 0 Å². The van der Waals surface area contributed by atoms with Gasteiger partial charge in [-0.05, 0) is 18.6 Å². The van der Waals surface area contributed by atoms with Crippen molar-refractivity contribution < 1.29 is 0 Å². The van der Waals surface area contributed by atoms with Crippen molar-refractivity contribution in [2.45, 2.75) is 6.92 Å². The molecule has 0 radical (unpaired) electrons. The van der Waals surface area contributed by atoms with Crippen molar-refractivity contribution in [1.82, 2.24) is 0 Å². The van der Waals surface area contributed by atoms with Crippen molar-refractivity contribution >= 4 is 11.9 Å². The molecule has 0 spiro atoms. The second kappa shape index (κ2) is 3.67. The van der Waals surface area contributed by atoms with Crippen molar-refractivity contribution in [1.29, 1.82) is 0 Å². The van der Waals surface area contributed by atoms with Crippen LogP contribution in [0.5, 0.6) is 0 Å². The molecule has 2 N–H and O–H groups in total. The van der Waals surface area contributed by atoms with Gasteiger partial charge in [0.1, 0.15) is 5.70 Å². The van der Waals surface area contributed by atoms with Crippen molar-refractivity contribution in [3.05, 3.63) is 36.3 Å². The number of allylic oxidation sites excluding steroid dienone is 2. The molecule has 62 valence electrons. The molecule has 0 fully saturated rings. The van der Waals surface area contributed by atoms with Crippen LogP contribution < -0.4 is 5.73 Å². The minimum atomic E-state index is 0.690. The molecule has 3 nitrogen and oxygen atoms in total. The highest BCUT2D eigenvalue weighted by Crippen LogP contribution is 2.12. The summed E-state index contributed by atoms with van der Waals surface area (Å²) in [5.74, 6) is 0. The Morgan fingerprint density at radius 2 is 2.42 bits per heavy atom. The third kappa shape index (κ3) is 1.50. The quantitative estimate of drug-likeness (QED) is 0.621. The van der Waals surface area contributed by atoms with Crippen LogP contribution in [0.2, 0.25) is 0 Å². The number of rotatable bonds is 1. The Kier molecular flexibility index (Phi) is 2.58. The van der Waals surface area contributed by atoms with Crippen molar-refractivity contribution in [2.24, 2.45) is 15.7 Å². The average molecular weight is 161 g/mol. The van der Waals surface area contributed by atoms with Gasteiger partial charge in [-0.25, -0.2) is 0 Å². The zero-order valence-electron chi connectivity index (χ0n) is 6.99. The molecule has 0 bridgehead atoms. The molecular formula is C9H11N3. The van der Waals surface area contributed by atoms with Gasteiger partial charge in [0.25, 0.3) is 0 Å². The van der Waals surface area contributed by atoms with Gasteiger partial charge in [-0.15, -0.1) is 0 Å². The first-order valence-corrected chi connectivity index (χ1v) is 3.62. The summed E-state index contributed by atoms with van der Waals surface area (Å²) in [4.78, 5) is 8.12. The van der Waals surface area contributed by atoms with Gasteiger partial charge < -0.3 is 5.73 Å². The van der Waals surface area contributed by atoms with E-state index in [0.29, 0.717) is 5.70 Å². The fraction of sp³-hybridized carbons (Fsp3) is 0.111. The fourth-order valence-electron chi connectivity index (χ4n) is 0.953. The molecule has 0 amide bonds. The van der Waals surface area contributed by atoms with E-state index in [4.69, 9.17) is 5.73 Å². The number of nitrogens with two attached hydrogens (primary N) is 1. The van der Waals surface area contributed by atoms with Gasteiger partial charge in [-0.2, -0.15) is 0 Å². The second-order valence-corrected chi connectivity index (χ2v) is 2.34. The lowest BCUT2D eigenvalue weighted by atomic mass is 10.1. The number of hydrogen-bond donors (Lipinski definition) is 1. The third-order valence-electron chi connectivity index (χ3n) is 1.53. The predicted octanol–water partition coefficient (Wildman–Crippen LogP) is 1.40. The third-order valence-corrected chi connectivity index (χ3v) is 1.53. The van der Waals surface area contributed by atoms with E-state index in [2.05, 4.69) is 16.6 Å². The molecule has 1 rings (SSSR count). The molecular weight excluding hydrogens is 150 g/mol. The lowest BCUT2D eigenvalue weighted by Gasteiger charge is -2.08. The first-order chi connectivity index (χ1) is 5.79. The highest BCUT2D eigenvalue weighted by molar-refractivity contribution is 6.16. The van der Waals surface area contributed by atoms with Crippen LogP contribution in [0.4, 0.5) is 0 Å². The van der Waals surface area contributed by atoms with Crippen LogP contribution in [0.15, 0.2) is 46.3 Å². The second-order valence-electron chi connectivity index (χ2n) is 2.34. The van der Waals surface area contributed by atoms with E-state index in [-0.39, 0.29) is 0 Å². The van der Waals surface area contributed by atoms with Gasteiger partial charge in [-0.1, -0.05) is 6.58 Å². The smallest absolute Gasteiger partial charge is 0.104 e. The Morgan fingerprint density at radius 1 is 1.67 bits per heavy atom. The zero-order chi connectivity index (χ0) is 8.97. The summed E-state index contributed by atoms with van der Waals surface area (Å²) in [5, 5.41) is 0. The van der Waals surface area contributed by atoms with Crippen LogP contribution in [0.3, 0.4) is 0 Å². The molecule has 0 atom stereocenters. The normalized spacial score (nSPS) is 22.9. The molecule has 0 aromatic rings. The minimum Gasteiger partial charge on any atom is -0.403 e. The Labute approximate surface area is 71.7 Å². The van der Waals surface area contributed by atoms with Gasteiger partial charge in [0.05, 0.1) is 5.71 Å². The summed E-state index contributed by atoms with van der Waals surface area (Å²) >= 11 is 0. The standard InChI is InChI=1S/C9H11N3/c1-3-11-9-7(2)4-5-12-8(9)6-10/h3-6H,1,10H2,2H3/b8-6+,11-9-. The summed E-state index contributed by atoms with van der Waals surface area (Å²) in [6.45, 7) is 5.48. The summed E-state index contributed by atoms with van der Waals surface area (Å²) < 4.78 is 0. The molecule has 0 unspecified atom stereocenters. The van der Waals surface area contributed by atoms with Gasteiger partial charge in [0.2, 0.25) is 0 Å². The summed E-state index contributed by atoms with van der Waals surface area (Å²) in [5.41, 5.74) is 7.89. The Balaban J connectivity index is 3.11. The Hall–Kier alpha value is -1.64. The van der Waals surface area contributed by atoms with Crippen molar-refractivity contribution in [3.63, 3.8) is 0 Å². The molecule has 12 heavy (non-hydrogen) atoms. The maximum atomic E-state index is 5.37. The SMILES string of the molecule is C=C/N=C1/C(C)=CC=N/C1=C/N. The summed E-state index contributed by atoms with van der Waals surface area (Å²) in [6, 6.07) is 0. The molecule has 1 heterocycles. The van der Waals surface area contributed by atoms with Crippen LogP contribution >= 0.6 is 0 Å². The fourth-order valence-corrected chi connectivity index (χ4v) is 0.953. The van der Waals surface area contributed by atoms with Gasteiger partial charge in [0, 0.05) is 18.6 Å². The molecule has 0 saturated heterocycles. The first-order valence-electron chi connectivity index (χ1n) is 3.62. The van der Waals surface area contributed by atoms with E-state index in [1.54, 1.807) is 6.21 Å². The minimum absolute atomic E-state index is 0.690.